The molecule has 1 N–H and O–H groups in total. The van der Waals surface area contributed by atoms with E-state index in [0.717, 1.165) is 43.4 Å². The summed E-state index contributed by atoms with van der Waals surface area (Å²) in [5.41, 5.74) is 0.724. The predicted molar refractivity (Wildman–Crippen MR) is 140 cm³/mol. The lowest BCUT2D eigenvalue weighted by Gasteiger charge is -2.60. The molecule has 204 valence electrons. The third-order valence-corrected chi connectivity index (χ3v) is 13.6. The van der Waals surface area contributed by atoms with Crippen molar-refractivity contribution in [2.24, 2.45) is 46.3 Å². The Bertz CT molecular complexity index is 972. The minimum absolute atomic E-state index is 0.136. The summed E-state index contributed by atoms with van der Waals surface area (Å²) in [5.74, 6) is 4.78. The molecule has 1 saturated heterocycles. The van der Waals surface area contributed by atoms with Crippen LogP contribution >= 0.6 is 0 Å². The van der Waals surface area contributed by atoms with Crippen molar-refractivity contribution in [3.05, 3.63) is 0 Å². The topological polar surface area (TPSA) is 91.8 Å². The van der Waals surface area contributed by atoms with Crippen molar-refractivity contribution in [2.75, 3.05) is 13.1 Å². The van der Waals surface area contributed by atoms with Crippen LogP contribution in [0.1, 0.15) is 104 Å². The zero-order valence-corrected chi connectivity index (χ0v) is 23.4. The molecule has 7 heteroatoms. The molecule has 0 bridgehead atoms. The van der Waals surface area contributed by atoms with E-state index in [1.165, 1.54) is 38.5 Å². The Labute approximate surface area is 218 Å². The van der Waals surface area contributed by atoms with Gasteiger partial charge in [0.2, 0.25) is 5.91 Å². The first-order valence-corrected chi connectivity index (χ1v) is 16.2. The highest BCUT2D eigenvalue weighted by molar-refractivity contribution is 7.86. The summed E-state index contributed by atoms with van der Waals surface area (Å²) in [6.07, 6.45) is 12.6. The zero-order chi connectivity index (χ0) is 25.9. The summed E-state index contributed by atoms with van der Waals surface area (Å²) >= 11 is 0. The first kappa shape index (κ1) is 26.6. The molecule has 8 unspecified atom stereocenters. The van der Waals surface area contributed by atoms with E-state index in [9.17, 15) is 22.6 Å². The maximum atomic E-state index is 12.9. The molecule has 4 saturated carbocycles. The quantitative estimate of drug-likeness (QED) is 0.482. The third-order valence-electron chi connectivity index (χ3n) is 12.3. The number of hydrogen-bond donors (Lipinski definition) is 1. The second-order valence-electron chi connectivity index (χ2n) is 13.7. The normalized spacial score (nSPS) is 42.4. The van der Waals surface area contributed by atoms with Crippen LogP contribution in [0, 0.1) is 46.3 Å². The van der Waals surface area contributed by atoms with Crippen molar-refractivity contribution in [2.45, 2.75) is 109 Å². The van der Waals surface area contributed by atoms with Crippen molar-refractivity contribution >= 4 is 21.8 Å². The van der Waals surface area contributed by atoms with Crippen molar-refractivity contribution in [1.82, 2.24) is 4.90 Å². The minimum Gasteiger partial charge on any atom is -0.343 e. The van der Waals surface area contributed by atoms with Gasteiger partial charge in [-0.1, -0.05) is 20.8 Å². The maximum Gasteiger partial charge on any atom is 0.267 e. The molecule has 6 nitrogen and oxygen atoms in total. The van der Waals surface area contributed by atoms with Crippen LogP contribution in [-0.4, -0.2) is 47.9 Å². The monoisotopic (exact) mass is 521 g/mol. The van der Waals surface area contributed by atoms with Crippen molar-refractivity contribution < 1.29 is 22.6 Å². The lowest BCUT2D eigenvalue weighted by atomic mass is 9.44. The number of Topliss-reactive ketones (excluding diaryl/α,β-unsaturated/α-hetero) is 1. The average Bonchev–Trinajstić information content (AvgIpc) is 3.19. The second kappa shape index (κ2) is 9.66. The number of carbonyl (C=O) groups is 2. The van der Waals surface area contributed by atoms with E-state index in [0.29, 0.717) is 66.7 Å². The summed E-state index contributed by atoms with van der Waals surface area (Å²) < 4.78 is 32.1. The Kier molecular flexibility index (Phi) is 7.15. The zero-order valence-electron chi connectivity index (χ0n) is 22.6. The van der Waals surface area contributed by atoms with E-state index >= 15 is 0 Å². The van der Waals surface area contributed by atoms with Gasteiger partial charge in [-0.15, -0.1) is 0 Å². The first-order valence-electron chi connectivity index (χ1n) is 14.7. The third kappa shape index (κ3) is 4.58. The molecule has 0 aromatic heterocycles. The van der Waals surface area contributed by atoms with Crippen molar-refractivity contribution in [3.8, 4) is 0 Å². The van der Waals surface area contributed by atoms with Gasteiger partial charge in [-0.2, -0.15) is 8.42 Å². The largest absolute Gasteiger partial charge is 0.343 e. The second-order valence-corrected chi connectivity index (χ2v) is 15.4. The molecule has 5 rings (SSSR count). The van der Waals surface area contributed by atoms with Crippen LogP contribution in [-0.2, 0) is 19.7 Å². The van der Waals surface area contributed by atoms with Gasteiger partial charge in [0.25, 0.3) is 10.1 Å². The predicted octanol–water partition coefficient (Wildman–Crippen LogP) is 5.51. The van der Waals surface area contributed by atoms with Crippen LogP contribution in [0.5, 0.6) is 0 Å². The summed E-state index contributed by atoms with van der Waals surface area (Å²) in [4.78, 5) is 26.9. The molecule has 0 spiro atoms. The number of rotatable bonds is 5. The Morgan fingerprint density at radius 3 is 2.39 bits per heavy atom. The minimum atomic E-state index is -4.00. The van der Waals surface area contributed by atoms with Gasteiger partial charge >= 0.3 is 0 Å². The molecule has 0 radical (unpaired) electrons. The van der Waals surface area contributed by atoms with Crippen LogP contribution in [0.3, 0.4) is 0 Å². The van der Waals surface area contributed by atoms with E-state index in [4.69, 9.17) is 0 Å². The smallest absolute Gasteiger partial charge is 0.267 e. The van der Waals surface area contributed by atoms with E-state index < -0.39 is 15.4 Å². The summed E-state index contributed by atoms with van der Waals surface area (Å²) in [5, 5.41) is -0.725. The van der Waals surface area contributed by atoms with Gasteiger partial charge in [-0.3, -0.25) is 14.1 Å². The van der Waals surface area contributed by atoms with Gasteiger partial charge in [-0.05, 0) is 111 Å². The summed E-state index contributed by atoms with van der Waals surface area (Å²) in [6, 6.07) is 0. The van der Waals surface area contributed by atoms with Crippen LogP contribution < -0.4 is 0 Å². The fourth-order valence-corrected chi connectivity index (χ4v) is 10.9. The number of carbonyl (C=O) groups excluding carboxylic acids is 2. The van der Waals surface area contributed by atoms with Crippen LogP contribution in [0.15, 0.2) is 0 Å². The number of nitrogens with zero attached hydrogens (tertiary/aromatic N) is 1. The van der Waals surface area contributed by atoms with E-state index in [1.807, 2.05) is 0 Å². The highest BCUT2D eigenvalue weighted by Crippen LogP contribution is 2.68. The Morgan fingerprint density at radius 1 is 1.00 bits per heavy atom. The van der Waals surface area contributed by atoms with E-state index in [1.54, 1.807) is 4.90 Å². The molecule has 5 fully saturated rings. The first-order chi connectivity index (χ1) is 16.9. The average molecular weight is 522 g/mol. The fraction of sp³-hybridized carbons (Fsp3) is 0.931. The van der Waals surface area contributed by atoms with Gasteiger partial charge in [0.1, 0.15) is 5.78 Å². The molecule has 1 heterocycles. The molecular formula is C29H47NO5S. The Balaban J connectivity index is 1.18. The molecule has 1 aliphatic heterocycles. The Hall–Kier alpha value is -0.950. The van der Waals surface area contributed by atoms with Crippen molar-refractivity contribution in [1.29, 1.82) is 0 Å². The molecule has 0 aromatic carbocycles. The highest BCUT2D eigenvalue weighted by atomic mass is 32.2. The fourth-order valence-electron chi connectivity index (χ4n) is 10.1. The van der Waals surface area contributed by atoms with Crippen molar-refractivity contribution in [3.63, 3.8) is 0 Å². The molecule has 4 aliphatic carbocycles. The number of fused-ring (bicyclic) bond motifs is 5. The van der Waals surface area contributed by atoms with Crippen LogP contribution in [0.25, 0.3) is 0 Å². The standard InChI is InChI=1S/C29H47NO5S/c1-19(4-9-27(32)30-16-12-22(13-17-30)36(33,34)35)24-7-8-25-23-6-5-20-18-21(31)10-14-28(20,2)26(23)11-15-29(24,25)3/h19-20,22-26H,4-18H2,1-3H3,(H,33,34,35). The van der Waals surface area contributed by atoms with Crippen LogP contribution in [0.4, 0.5) is 0 Å². The maximum absolute atomic E-state index is 12.9. The molecular weight excluding hydrogens is 474 g/mol. The van der Waals surface area contributed by atoms with Gasteiger partial charge in [0.05, 0.1) is 5.25 Å². The lowest BCUT2D eigenvalue weighted by Crippen LogP contribution is -2.53. The van der Waals surface area contributed by atoms with Gasteiger partial charge < -0.3 is 4.90 Å². The molecule has 8 atom stereocenters. The van der Waals surface area contributed by atoms with Gasteiger partial charge in [-0.25, -0.2) is 0 Å². The summed E-state index contributed by atoms with van der Waals surface area (Å²) in [6.45, 7) is 8.28. The number of likely N-dealkylation sites (tertiary alicyclic amines) is 1. The number of hydrogen-bond acceptors (Lipinski definition) is 4. The van der Waals surface area contributed by atoms with Gasteiger partial charge in [0.15, 0.2) is 0 Å². The lowest BCUT2D eigenvalue weighted by molar-refractivity contribution is -0.140. The summed E-state index contributed by atoms with van der Waals surface area (Å²) in [7, 11) is -4.00. The molecule has 1 amide bonds. The SMILES string of the molecule is CC(CCC(=O)N1CCC(S(=O)(=O)O)CC1)C1CCC2C3CCC4CC(=O)CCC4(C)C3CCC12C. The highest BCUT2D eigenvalue weighted by Gasteiger charge is 2.60. The van der Waals surface area contributed by atoms with Crippen LogP contribution in [0.2, 0.25) is 0 Å². The number of amides is 1. The Morgan fingerprint density at radius 2 is 1.69 bits per heavy atom. The van der Waals surface area contributed by atoms with E-state index in [2.05, 4.69) is 20.8 Å². The molecule has 0 aromatic rings. The molecule has 5 aliphatic rings. The van der Waals surface area contributed by atoms with Gasteiger partial charge in [0, 0.05) is 32.4 Å². The number of ketones is 1. The number of piperidine rings is 1. The van der Waals surface area contributed by atoms with E-state index in [-0.39, 0.29) is 5.91 Å². The molecule has 36 heavy (non-hydrogen) atoms.